The summed E-state index contributed by atoms with van der Waals surface area (Å²) in [6, 6.07) is 11.5. The van der Waals surface area contributed by atoms with Gasteiger partial charge in [-0.05, 0) is 19.1 Å². The van der Waals surface area contributed by atoms with E-state index >= 15 is 0 Å². The molecule has 1 amide bonds. The van der Waals surface area contributed by atoms with Crippen molar-refractivity contribution in [2.45, 2.75) is 13.0 Å². The van der Waals surface area contributed by atoms with Crippen LogP contribution in [0, 0.1) is 0 Å². The summed E-state index contributed by atoms with van der Waals surface area (Å²) in [5, 5.41) is 8.30. The molecule has 0 aliphatic carbocycles. The summed E-state index contributed by atoms with van der Waals surface area (Å²) in [5.41, 5.74) is 1.01. The Labute approximate surface area is 154 Å². The summed E-state index contributed by atoms with van der Waals surface area (Å²) in [6.07, 6.45) is 1.24. The predicted octanol–water partition coefficient (Wildman–Crippen LogP) is 1.66. The first-order chi connectivity index (χ1) is 12.5. The number of ether oxygens (including phenoxy) is 1. The zero-order valence-corrected chi connectivity index (χ0v) is 15.5. The number of aromatic nitrogens is 2. The molecule has 26 heavy (non-hydrogen) atoms. The van der Waals surface area contributed by atoms with Crippen LogP contribution in [0.2, 0.25) is 0 Å². The van der Waals surface area contributed by atoms with Gasteiger partial charge in [0.15, 0.2) is 11.9 Å². The molecule has 1 aliphatic heterocycles. The van der Waals surface area contributed by atoms with Crippen molar-refractivity contribution in [2.24, 2.45) is 0 Å². The molecule has 7 nitrogen and oxygen atoms in total. The number of carbonyl (C=O) groups is 1. The summed E-state index contributed by atoms with van der Waals surface area (Å²) in [7, 11) is 3.96. The van der Waals surface area contributed by atoms with Gasteiger partial charge >= 0.3 is 0 Å². The molecule has 0 radical (unpaired) electrons. The Balaban J connectivity index is 1.56. The van der Waals surface area contributed by atoms with E-state index in [0.717, 1.165) is 24.6 Å². The molecule has 2 heterocycles. The van der Waals surface area contributed by atoms with Crippen LogP contribution >= 0.6 is 0 Å². The van der Waals surface area contributed by atoms with E-state index in [4.69, 9.17) is 4.74 Å². The van der Waals surface area contributed by atoms with E-state index in [1.54, 1.807) is 13.1 Å². The van der Waals surface area contributed by atoms with E-state index < -0.39 is 6.10 Å². The van der Waals surface area contributed by atoms with Crippen LogP contribution in [0.5, 0.6) is 5.75 Å². The standard InChI is InChI=1S/C19H25N5O2/c1-15(26-17-7-5-4-6-8-17)19(25)24-11-9-23(10-12-24)18-13-16(22(2)3)14-20-21-18/h4-8,13-15H,9-12H2,1-3H3. The smallest absolute Gasteiger partial charge is 0.263 e. The van der Waals surface area contributed by atoms with Crippen LogP contribution in [0.4, 0.5) is 11.5 Å². The van der Waals surface area contributed by atoms with Crippen molar-refractivity contribution >= 4 is 17.4 Å². The lowest BCUT2D eigenvalue weighted by molar-refractivity contribution is -0.138. The number of rotatable bonds is 5. The fraction of sp³-hybridized carbons (Fsp3) is 0.421. The molecule has 1 aromatic heterocycles. The molecule has 0 N–H and O–H groups in total. The molecule has 1 saturated heterocycles. The van der Waals surface area contributed by atoms with Crippen LogP contribution in [-0.4, -0.2) is 67.4 Å². The van der Waals surface area contributed by atoms with E-state index in [2.05, 4.69) is 15.1 Å². The van der Waals surface area contributed by atoms with Crippen LogP contribution in [0.1, 0.15) is 6.92 Å². The van der Waals surface area contributed by atoms with Crippen LogP contribution < -0.4 is 14.5 Å². The Morgan fingerprint density at radius 1 is 1.15 bits per heavy atom. The third-order valence-electron chi connectivity index (χ3n) is 4.46. The Hall–Kier alpha value is -2.83. The highest BCUT2D eigenvalue weighted by molar-refractivity contribution is 5.81. The van der Waals surface area contributed by atoms with E-state index in [1.807, 2.05) is 60.3 Å². The number of hydrogen-bond donors (Lipinski definition) is 0. The van der Waals surface area contributed by atoms with Gasteiger partial charge in [-0.2, -0.15) is 5.10 Å². The number of amides is 1. The average molecular weight is 355 g/mol. The normalized spacial score (nSPS) is 15.5. The zero-order chi connectivity index (χ0) is 18.5. The molecule has 138 valence electrons. The van der Waals surface area contributed by atoms with Gasteiger partial charge < -0.3 is 19.4 Å². The Morgan fingerprint density at radius 2 is 1.85 bits per heavy atom. The summed E-state index contributed by atoms with van der Waals surface area (Å²) >= 11 is 0. The van der Waals surface area contributed by atoms with Gasteiger partial charge in [0.1, 0.15) is 5.75 Å². The van der Waals surface area contributed by atoms with Gasteiger partial charge in [-0.15, -0.1) is 5.10 Å². The van der Waals surface area contributed by atoms with Gasteiger partial charge in [-0.25, -0.2) is 0 Å². The molecule has 1 aliphatic rings. The minimum atomic E-state index is -0.499. The minimum absolute atomic E-state index is 0.0154. The first-order valence-electron chi connectivity index (χ1n) is 8.80. The molecule has 0 saturated carbocycles. The molecule has 1 aromatic carbocycles. The second-order valence-corrected chi connectivity index (χ2v) is 6.55. The number of benzene rings is 1. The molecular weight excluding hydrogens is 330 g/mol. The highest BCUT2D eigenvalue weighted by atomic mass is 16.5. The molecule has 1 atom stereocenters. The fourth-order valence-corrected chi connectivity index (χ4v) is 2.91. The number of nitrogens with zero attached hydrogens (tertiary/aromatic N) is 5. The number of carbonyl (C=O) groups excluding carboxylic acids is 1. The van der Waals surface area contributed by atoms with Crippen molar-refractivity contribution in [1.82, 2.24) is 15.1 Å². The Kier molecular flexibility index (Phi) is 5.55. The summed E-state index contributed by atoms with van der Waals surface area (Å²) in [6.45, 7) is 4.56. The highest BCUT2D eigenvalue weighted by Crippen LogP contribution is 2.19. The van der Waals surface area contributed by atoms with Gasteiger partial charge in [0.05, 0.1) is 11.9 Å². The van der Waals surface area contributed by atoms with Crippen LogP contribution in [0.15, 0.2) is 42.6 Å². The molecular formula is C19H25N5O2. The zero-order valence-electron chi connectivity index (χ0n) is 15.5. The first kappa shape index (κ1) is 18.0. The number of anilines is 2. The summed E-state index contributed by atoms with van der Waals surface area (Å²) in [4.78, 5) is 18.7. The number of hydrogen-bond acceptors (Lipinski definition) is 6. The minimum Gasteiger partial charge on any atom is -0.481 e. The third kappa shape index (κ3) is 4.22. The molecule has 1 fully saturated rings. The second kappa shape index (κ2) is 8.03. The Morgan fingerprint density at radius 3 is 2.50 bits per heavy atom. The van der Waals surface area contributed by atoms with Crippen LogP contribution in [-0.2, 0) is 4.79 Å². The van der Waals surface area contributed by atoms with Crippen molar-refractivity contribution in [3.05, 3.63) is 42.6 Å². The average Bonchev–Trinajstić information content (AvgIpc) is 2.68. The monoisotopic (exact) mass is 355 g/mol. The maximum atomic E-state index is 12.6. The quantitative estimate of drug-likeness (QED) is 0.813. The van der Waals surface area contributed by atoms with Gasteiger partial charge in [-0.1, -0.05) is 18.2 Å². The van der Waals surface area contributed by atoms with Crippen molar-refractivity contribution in [1.29, 1.82) is 0 Å². The molecule has 2 aromatic rings. The lowest BCUT2D eigenvalue weighted by Crippen LogP contribution is -2.52. The third-order valence-corrected chi connectivity index (χ3v) is 4.46. The van der Waals surface area contributed by atoms with Crippen molar-refractivity contribution < 1.29 is 9.53 Å². The van der Waals surface area contributed by atoms with Gasteiger partial charge in [0.2, 0.25) is 0 Å². The maximum Gasteiger partial charge on any atom is 0.263 e. The summed E-state index contributed by atoms with van der Waals surface area (Å²) < 4.78 is 5.75. The van der Waals surface area contributed by atoms with Gasteiger partial charge in [-0.3, -0.25) is 4.79 Å². The summed E-state index contributed by atoms with van der Waals surface area (Å²) in [5.74, 6) is 1.57. The number of piperazine rings is 1. The van der Waals surface area contributed by atoms with E-state index in [1.165, 1.54) is 0 Å². The van der Waals surface area contributed by atoms with Gasteiger partial charge in [0.25, 0.3) is 5.91 Å². The molecule has 3 rings (SSSR count). The first-order valence-corrected chi connectivity index (χ1v) is 8.80. The largest absolute Gasteiger partial charge is 0.481 e. The van der Waals surface area contributed by atoms with Crippen molar-refractivity contribution in [3.63, 3.8) is 0 Å². The van der Waals surface area contributed by atoms with E-state index in [-0.39, 0.29) is 5.91 Å². The Bertz CT molecular complexity index is 730. The number of para-hydroxylation sites is 1. The van der Waals surface area contributed by atoms with Gasteiger partial charge in [0, 0.05) is 46.3 Å². The molecule has 7 heteroatoms. The molecule has 0 bridgehead atoms. The lowest BCUT2D eigenvalue weighted by Gasteiger charge is -2.36. The van der Waals surface area contributed by atoms with Crippen molar-refractivity contribution in [3.8, 4) is 5.75 Å². The van der Waals surface area contributed by atoms with E-state index in [9.17, 15) is 4.79 Å². The van der Waals surface area contributed by atoms with Crippen molar-refractivity contribution in [2.75, 3.05) is 50.1 Å². The highest BCUT2D eigenvalue weighted by Gasteiger charge is 2.26. The van der Waals surface area contributed by atoms with E-state index in [0.29, 0.717) is 18.8 Å². The van der Waals surface area contributed by atoms with Crippen LogP contribution in [0.3, 0.4) is 0 Å². The molecule has 0 spiro atoms. The predicted molar refractivity (Wildman–Crippen MR) is 102 cm³/mol. The fourth-order valence-electron chi connectivity index (χ4n) is 2.91. The maximum absolute atomic E-state index is 12.6. The van der Waals surface area contributed by atoms with Crippen LogP contribution in [0.25, 0.3) is 0 Å². The SMILES string of the molecule is CC(Oc1ccccc1)C(=O)N1CCN(c2cc(N(C)C)cnn2)CC1. The molecule has 1 unspecified atom stereocenters. The second-order valence-electron chi connectivity index (χ2n) is 6.55. The lowest BCUT2D eigenvalue weighted by atomic mass is 10.2. The topological polar surface area (TPSA) is 61.8 Å².